The van der Waals surface area contributed by atoms with Crippen LogP contribution in [0, 0.1) is 12.7 Å². The number of thiophene rings is 1. The summed E-state index contributed by atoms with van der Waals surface area (Å²) in [6.07, 6.45) is 1.53. The fourth-order valence-electron chi connectivity index (χ4n) is 3.21. The van der Waals surface area contributed by atoms with E-state index in [1.54, 1.807) is 19.2 Å². The molecule has 0 N–H and O–H groups in total. The number of fused-ring (bicyclic) bond motifs is 1. The fraction of sp³-hybridized carbons (Fsp3) is 0.143. The molecular formula is C21H17FN2O2S. The molecule has 4 rings (SSSR count). The van der Waals surface area contributed by atoms with E-state index in [4.69, 9.17) is 4.74 Å². The maximum Gasteiger partial charge on any atom is 0.263 e. The number of aryl methyl sites for hydroxylation is 1. The predicted molar refractivity (Wildman–Crippen MR) is 106 cm³/mol. The molecule has 0 saturated carbocycles. The number of aromatic nitrogens is 2. The molecule has 136 valence electrons. The van der Waals surface area contributed by atoms with Gasteiger partial charge >= 0.3 is 0 Å². The van der Waals surface area contributed by atoms with E-state index in [0.717, 1.165) is 21.8 Å². The van der Waals surface area contributed by atoms with Crippen molar-refractivity contribution >= 4 is 21.6 Å². The van der Waals surface area contributed by atoms with Gasteiger partial charge in [0.1, 0.15) is 16.4 Å². The number of rotatable bonds is 4. The zero-order chi connectivity index (χ0) is 19.0. The first kappa shape index (κ1) is 17.4. The van der Waals surface area contributed by atoms with Crippen molar-refractivity contribution < 1.29 is 9.13 Å². The Morgan fingerprint density at radius 2 is 2.00 bits per heavy atom. The number of hydrogen-bond donors (Lipinski definition) is 0. The minimum Gasteiger partial charge on any atom is -0.497 e. The molecule has 0 bridgehead atoms. The lowest BCUT2D eigenvalue weighted by molar-refractivity contribution is 0.415. The number of ether oxygens (including phenoxy) is 1. The summed E-state index contributed by atoms with van der Waals surface area (Å²) in [5.41, 5.74) is 2.38. The largest absolute Gasteiger partial charge is 0.497 e. The molecule has 0 aliphatic heterocycles. The summed E-state index contributed by atoms with van der Waals surface area (Å²) in [4.78, 5) is 19.4. The fourth-order valence-corrected chi connectivity index (χ4v) is 4.21. The summed E-state index contributed by atoms with van der Waals surface area (Å²) in [6.45, 7) is 2.25. The highest BCUT2D eigenvalue weighted by Gasteiger charge is 2.17. The van der Waals surface area contributed by atoms with Crippen molar-refractivity contribution in [3.05, 3.63) is 81.5 Å². The summed E-state index contributed by atoms with van der Waals surface area (Å²) in [5, 5.41) is 0.588. The van der Waals surface area contributed by atoms with Crippen LogP contribution in [0.2, 0.25) is 0 Å². The lowest BCUT2D eigenvalue weighted by Crippen LogP contribution is -2.21. The molecule has 0 unspecified atom stereocenters. The van der Waals surface area contributed by atoms with E-state index in [1.807, 2.05) is 31.2 Å². The second-order valence-corrected chi connectivity index (χ2v) is 7.46. The van der Waals surface area contributed by atoms with Crippen LogP contribution in [0.1, 0.15) is 10.4 Å². The highest BCUT2D eigenvalue weighted by molar-refractivity contribution is 7.19. The van der Waals surface area contributed by atoms with E-state index in [-0.39, 0.29) is 17.9 Å². The SMILES string of the molecule is COc1cccc(-c2c(C)sc3ncn(Cc4cccc(F)c4)c(=O)c23)c1. The smallest absolute Gasteiger partial charge is 0.263 e. The molecule has 4 nitrogen and oxygen atoms in total. The average Bonchev–Trinajstić information content (AvgIpc) is 3.01. The number of benzene rings is 2. The van der Waals surface area contributed by atoms with Crippen molar-refractivity contribution in [3.63, 3.8) is 0 Å². The van der Waals surface area contributed by atoms with Gasteiger partial charge < -0.3 is 4.74 Å². The Morgan fingerprint density at radius 3 is 2.78 bits per heavy atom. The van der Waals surface area contributed by atoms with E-state index < -0.39 is 0 Å². The van der Waals surface area contributed by atoms with Crippen LogP contribution in [0.25, 0.3) is 21.3 Å². The molecule has 0 radical (unpaired) electrons. The van der Waals surface area contributed by atoms with Gasteiger partial charge in [-0.25, -0.2) is 9.37 Å². The van der Waals surface area contributed by atoms with Gasteiger partial charge in [-0.2, -0.15) is 0 Å². The molecule has 0 spiro atoms. The van der Waals surface area contributed by atoms with Crippen LogP contribution >= 0.6 is 11.3 Å². The van der Waals surface area contributed by atoms with Crippen LogP contribution in [-0.4, -0.2) is 16.7 Å². The van der Waals surface area contributed by atoms with Gasteiger partial charge in [-0.3, -0.25) is 9.36 Å². The topological polar surface area (TPSA) is 44.1 Å². The first-order valence-corrected chi connectivity index (χ1v) is 9.26. The number of hydrogen-bond acceptors (Lipinski definition) is 4. The Balaban J connectivity index is 1.88. The van der Waals surface area contributed by atoms with Crippen LogP contribution in [0.5, 0.6) is 5.75 Å². The van der Waals surface area contributed by atoms with E-state index in [1.165, 1.54) is 34.4 Å². The summed E-state index contributed by atoms with van der Waals surface area (Å²) >= 11 is 1.49. The molecule has 0 aliphatic carbocycles. The van der Waals surface area contributed by atoms with E-state index in [2.05, 4.69) is 4.98 Å². The van der Waals surface area contributed by atoms with Gasteiger partial charge in [0.05, 0.1) is 25.4 Å². The van der Waals surface area contributed by atoms with Gasteiger partial charge in [0, 0.05) is 10.4 Å². The normalized spacial score (nSPS) is 11.1. The molecule has 2 aromatic carbocycles. The lowest BCUT2D eigenvalue weighted by Gasteiger charge is -2.08. The molecule has 2 heterocycles. The van der Waals surface area contributed by atoms with E-state index in [9.17, 15) is 9.18 Å². The van der Waals surface area contributed by atoms with Crippen LogP contribution in [0.15, 0.2) is 59.7 Å². The predicted octanol–water partition coefficient (Wildman–Crippen LogP) is 4.63. The Bertz CT molecular complexity index is 1200. The minimum absolute atomic E-state index is 0.133. The number of methoxy groups -OCH3 is 1. The summed E-state index contributed by atoms with van der Waals surface area (Å²) in [7, 11) is 1.62. The third kappa shape index (κ3) is 3.24. The highest BCUT2D eigenvalue weighted by atomic mass is 32.1. The maximum atomic E-state index is 13.5. The average molecular weight is 380 g/mol. The van der Waals surface area contributed by atoms with E-state index >= 15 is 0 Å². The van der Waals surface area contributed by atoms with Gasteiger partial charge in [0.2, 0.25) is 0 Å². The quantitative estimate of drug-likeness (QED) is 0.518. The Kier molecular flexibility index (Phi) is 4.49. The van der Waals surface area contributed by atoms with Gasteiger partial charge in [0.25, 0.3) is 5.56 Å². The van der Waals surface area contributed by atoms with Gasteiger partial charge in [-0.1, -0.05) is 24.3 Å². The van der Waals surface area contributed by atoms with Gasteiger partial charge in [-0.05, 0) is 42.3 Å². The molecule has 0 amide bonds. The highest BCUT2D eigenvalue weighted by Crippen LogP contribution is 2.36. The zero-order valence-corrected chi connectivity index (χ0v) is 15.7. The first-order valence-electron chi connectivity index (χ1n) is 8.44. The van der Waals surface area contributed by atoms with Crippen molar-refractivity contribution in [2.75, 3.05) is 7.11 Å². The zero-order valence-electron chi connectivity index (χ0n) is 14.9. The Morgan fingerprint density at radius 1 is 1.19 bits per heavy atom. The van der Waals surface area contributed by atoms with Gasteiger partial charge in [0.15, 0.2) is 0 Å². The second-order valence-electron chi connectivity index (χ2n) is 6.25. The van der Waals surface area contributed by atoms with Crippen molar-refractivity contribution in [3.8, 4) is 16.9 Å². The second kappa shape index (κ2) is 6.96. The summed E-state index contributed by atoms with van der Waals surface area (Å²) < 4.78 is 20.3. The molecule has 0 fully saturated rings. The number of halogens is 1. The third-order valence-electron chi connectivity index (χ3n) is 4.46. The molecule has 6 heteroatoms. The Hall–Kier alpha value is -2.99. The van der Waals surface area contributed by atoms with Crippen LogP contribution in [-0.2, 0) is 6.54 Å². The Labute approximate surface area is 159 Å². The van der Waals surface area contributed by atoms with Crippen molar-refractivity contribution in [1.82, 2.24) is 9.55 Å². The maximum absolute atomic E-state index is 13.5. The molecule has 0 saturated heterocycles. The number of nitrogens with zero attached hydrogens (tertiary/aromatic N) is 2. The standard InChI is InChI=1S/C21H17FN2O2S/c1-13-18(15-6-4-8-17(10-15)26-2)19-20(27-13)23-12-24(21(19)25)11-14-5-3-7-16(22)9-14/h3-10,12H,11H2,1-2H3. The molecule has 4 aromatic rings. The third-order valence-corrected chi connectivity index (χ3v) is 5.47. The van der Waals surface area contributed by atoms with Crippen molar-refractivity contribution in [2.24, 2.45) is 0 Å². The summed E-state index contributed by atoms with van der Waals surface area (Å²) in [5.74, 6) is 0.410. The molecule has 2 aromatic heterocycles. The summed E-state index contributed by atoms with van der Waals surface area (Å²) in [6, 6.07) is 13.9. The molecule has 27 heavy (non-hydrogen) atoms. The van der Waals surface area contributed by atoms with Crippen LogP contribution in [0.4, 0.5) is 4.39 Å². The molecule has 0 aliphatic rings. The van der Waals surface area contributed by atoms with Crippen molar-refractivity contribution in [1.29, 1.82) is 0 Å². The lowest BCUT2D eigenvalue weighted by atomic mass is 10.0. The van der Waals surface area contributed by atoms with Crippen LogP contribution in [0.3, 0.4) is 0 Å². The monoisotopic (exact) mass is 380 g/mol. The van der Waals surface area contributed by atoms with Crippen LogP contribution < -0.4 is 10.3 Å². The molecular weight excluding hydrogens is 363 g/mol. The van der Waals surface area contributed by atoms with Crippen molar-refractivity contribution in [2.45, 2.75) is 13.5 Å². The minimum atomic E-state index is -0.321. The van der Waals surface area contributed by atoms with E-state index in [0.29, 0.717) is 15.8 Å². The van der Waals surface area contributed by atoms with Gasteiger partial charge in [-0.15, -0.1) is 11.3 Å². The first-order chi connectivity index (χ1) is 13.1. The molecule has 0 atom stereocenters.